The highest BCUT2D eigenvalue weighted by molar-refractivity contribution is 6.29. The van der Waals surface area contributed by atoms with E-state index in [-0.39, 0.29) is 5.54 Å². The highest BCUT2D eigenvalue weighted by Crippen LogP contribution is 2.30. The van der Waals surface area contributed by atoms with E-state index in [4.69, 9.17) is 11.6 Å². The summed E-state index contributed by atoms with van der Waals surface area (Å²) < 4.78 is 0. The average molecular weight is 240 g/mol. The summed E-state index contributed by atoms with van der Waals surface area (Å²) in [7, 11) is 0. The fourth-order valence-electron chi connectivity index (χ4n) is 2.36. The zero-order valence-corrected chi connectivity index (χ0v) is 10.6. The van der Waals surface area contributed by atoms with Crippen molar-refractivity contribution >= 4 is 17.4 Å². The van der Waals surface area contributed by atoms with Gasteiger partial charge in [-0.2, -0.15) is 0 Å². The first-order chi connectivity index (χ1) is 7.57. The zero-order chi connectivity index (χ0) is 11.6. The fourth-order valence-corrected chi connectivity index (χ4v) is 2.59. The first-order valence-electron chi connectivity index (χ1n) is 5.87. The molecule has 0 atom stereocenters. The Bertz CT molecular complexity index is 352. The normalized spacial score (nSPS) is 19.4. The second-order valence-corrected chi connectivity index (χ2v) is 5.26. The molecule has 1 aromatic rings. The maximum Gasteiger partial charge on any atom is 0.134 e. The van der Waals surface area contributed by atoms with Gasteiger partial charge in [0.2, 0.25) is 0 Å². The summed E-state index contributed by atoms with van der Waals surface area (Å²) in [6.45, 7) is 4.12. The maximum absolute atomic E-state index is 5.92. The molecule has 1 fully saturated rings. The number of hydrogen-bond acceptors (Lipinski definition) is 3. The third-order valence-corrected chi connectivity index (χ3v) is 3.39. The van der Waals surface area contributed by atoms with E-state index in [1.165, 1.54) is 32.1 Å². The molecule has 1 aliphatic carbocycles. The van der Waals surface area contributed by atoms with Crippen LogP contribution in [-0.2, 0) is 0 Å². The Balaban J connectivity index is 2.13. The molecular formula is C12H18ClN3. The molecule has 1 saturated carbocycles. The van der Waals surface area contributed by atoms with Crippen LogP contribution in [0.4, 0.5) is 5.82 Å². The van der Waals surface area contributed by atoms with E-state index in [0.29, 0.717) is 5.15 Å². The minimum atomic E-state index is 0.169. The molecule has 0 bridgehead atoms. The van der Waals surface area contributed by atoms with Crippen molar-refractivity contribution in [3.63, 3.8) is 0 Å². The molecule has 3 nitrogen and oxygen atoms in total. The summed E-state index contributed by atoms with van der Waals surface area (Å²) in [4.78, 5) is 8.43. The van der Waals surface area contributed by atoms with Crippen LogP contribution in [0.1, 0.15) is 44.9 Å². The summed E-state index contributed by atoms with van der Waals surface area (Å²) in [5.74, 6) is 1.57. The molecule has 0 aliphatic heterocycles. The van der Waals surface area contributed by atoms with Gasteiger partial charge in [-0.25, -0.2) is 9.97 Å². The van der Waals surface area contributed by atoms with E-state index in [1.807, 2.05) is 6.92 Å². The molecule has 1 aliphatic rings. The van der Waals surface area contributed by atoms with E-state index in [1.54, 1.807) is 6.07 Å². The van der Waals surface area contributed by atoms with E-state index >= 15 is 0 Å². The van der Waals surface area contributed by atoms with Crippen LogP contribution in [0.3, 0.4) is 0 Å². The van der Waals surface area contributed by atoms with Crippen molar-refractivity contribution in [1.29, 1.82) is 0 Å². The van der Waals surface area contributed by atoms with Crippen molar-refractivity contribution in [3.8, 4) is 0 Å². The lowest BCUT2D eigenvalue weighted by Gasteiger charge is -2.35. The van der Waals surface area contributed by atoms with Crippen molar-refractivity contribution in [2.75, 3.05) is 5.32 Å². The van der Waals surface area contributed by atoms with Crippen molar-refractivity contribution < 1.29 is 0 Å². The van der Waals surface area contributed by atoms with Gasteiger partial charge in [-0.3, -0.25) is 0 Å². The van der Waals surface area contributed by atoms with Gasteiger partial charge in [0.05, 0.1) is 0 Å². The van der Waals surface area contributed by atoms with Crippen molar-refractivity contribution in [2.45, 2.75) is 51.5 Å². The Labute approximate surface area is 102 Å². The van der Waals surface area contributed by atoms with Crippen LogP contribution >= 0.6 is 11.6 Å². The molecular weight excluding hydrogens is 222 g/mol. The average Bonchev–Trinajstić information content (AvgIpc) is 2.15. The summed E-state index contributed by atoms with van der Waals surface area (Å²) >= 11 is 5.92. The first-order valence-corrected chi connectivity index (χ1v) is 6.25. The van der Waals surface area contributed by atoms with Gasteiger partial charge < -0.3 is 5.32 Å². The van der Waals surface area contributed by atoms with Crippen molar-refractivity contribution in [2.24, 2.45) is 0 Å². The van der Waals surface area contributed by atoms with Crippen LogP contribution in [-0.4, -0.2) is 15.5 Å². The third kappa shape index (κ3) is 2.85. The molecule has 1 heterocycles. The van der Waals surface area contributed by atoms with E-state index < -0.39 is 0 Å². The second kappa shape index (κ2) is 4.58. The van der Waals surface area contributed by atoms with Gasteiger partial charge in [0.1, 0.15) is 16.8 Å². The third-order valence-electron chi connectivity index (χ3n) is 3.19. The Morgan fingerprint density at radius 3 is 2.56 bits per heavy atom. The largest absolute Gasteiger partial charge is 0.365 e. The molecule has 0 aromatic carbocycles. The Morgan fingerprint density at radius 1 is 1.25 bits per heavy atom. The molecule has 0 amide bonds. The SMILES string of the molecule is Cc1nc(Cl)cc(NC2(C)CCCCC2)n1. The number of hydrogen-bond donors (Lipinski definition) is 1. The monoisotopic (exact) mass is 239 g/mol. The number of aromatic nitrogens is 2. The smallest absolute Gasteiger partial charge is 0.134 e. The fraction of sp³-hybridized carbons (Fsp3) is 0.667. The molecule has 0 unspecified atom stereocenters. The number of nitrogens with one attached hydrogen (secondary N) is 1. The highest BCUT2D eigenvalue weighted by atomic mass is 35.5. The molecule has 1 N–H and O–H groups in total. The summed E-state index contributed by atoms with van der Waals surface area (Å²) in [5.41, 5.74) is 0.169. The summed E-state index contributed by atoms with van der Waals surface area (Å²) in [6, 6.07) is 1.80. The van der Waals surface area contributed by atoms with Gasteiger partial charge >= 0.3 is 0 Å². The van der Waals surface area contributed by atoms with Gasteiger partial charge in [-0.05, 0) is 26.7 Å². The van der Waals surface area contributed by atoms with Gasteiger partial charge in [0.15, 0.2) is 0 Å². The van der Waals surface area contributed by atoms with Crippen LogP contribution in [0.25, 0.3) is 0 Å². The molecule has 4 heteroatoms. The Morgan fingerprint density at radius 2 is 1.94 bits per heavy atom. The molecule has 0 saturated heterocycles. The van der Waals surface area contributed by atoms with E-state index in [2.05, 4.69) is 22.2 Å². The molecule has 88 valence electrons. The predicted octanol–water partition coefficient (Wildman–Crippen LogP) is 3.57. The van der Waals surface area contributed by atoms with Gasteiger partial charge in [-0.15, -0.1) is 0 Å². The van der Waals surface area contributed by atoms with Gasteiger partial charge in [0.25, 0.3) is 0 Å². The molecule has 16 heavy (non-hydrogen) atoms. The van der Waals surface area contributed by atoms with Gasteiger partial charge in [0, 0.05) is 11.6 Å². The predicted molar refractivity (Wildman–Crippen MR) is 66.9 cm³/mol. The van der Waals surface area contributed by atoms with Crippen LogP contribution in [0.2, 0.25) is 5.15 Å². The quantitative estimate of drug-likeness (QED) is 0.802. The van der Waals surface area contributed by atoms with Crippen LogP contribution in [0.15, 0.2) is 6.07 Å². The Hall–Kier alpha value is -0.830. The van der Waals surface area contributed by atoms with Crippen LogP contribution in [0, 0.1) is 6.92 Å². The lowest BCUT2D eigenvalue weighted by molar-refractivity contribution is 0.348. The second-order valence-electron chi connectivity index (χ2n) is 4.87. The first kappa shape index (κ1) is 11.6. The Kier molecular flexibility index (Phi) is 3.33. The zero-order valence-electron chi connectivity index (χ0n) is 9.89. The number of halogens is 1. The van der Waals surface area contributed by atoms with Crippen LogP contribution < -0.4 is 5.32 Å². The topological polar surface area (TPSA) is 37.8 Å². The minimum absolute atomic E-state index is 0.169. The molecule has 0 spiro atoms. The molecule has 2 rings (SSSR count). The summed E-state index contributed by atoms with van der Waals surface area (Å²) in [6.07, 6.45) is 6.34. The number of nitrogens with zero attached hydrogens (tertiary/aromatic N) is 2. The number of aryl methyl sites for hydroxylation is 1. The number of anilines is 1. The van der Waals surface area contributed by atoms with E-state index in [0.717, 1.165) is 11.6 Å². The highest BCUT2D eigenvalue weighted by Gasteiger charge is 2.26. The van der Waals surface area contributed by atoms with Gasteiger partial charge in [-0.1, -0.05) is 30.9 Å². The minimum Gasteiger partial charge on any atom is -0.365 e. The van der Waals surface area contributed by atoms with Crippen molar-refractivity contribution in [1.82, 2.24) is 9.97 Å². The lowest BCUT2D eigenvalue weighted by atomic mass is 9.83. The van der Waals surface area contributed by atoms with E-state index in [9.17, 15) is 0 Å². The summed E-state index contributed by atoms with van der Waals surface area (Å²) in [5, 5.41) is 4.01. The number of rotatable bonds is 2. The lowest BCUT2D eigenvalue weighted by Crippen LogP contribution is -2.37. The molecule has 1 aromatic heterocycles. The molecule has 0 radical (unpaired) electrons. The van der Waals surface area contributed by atoms with Crippen LogP contribution in [0.5, 0.6) is 0 Å². The maximum atomic E-state index is 5.92. The van der Waals surface area contributed by atoms with Crippen molar-refractivity contribution in [3.05, 3.63) is 17.0 Å². The standard InChI is InChI=1S/C12H18ClN3/c1-9-14-10(13)8-11(15-9)16-12(2)6-4-3-5-7-12/h8H,3-7H2,1-2H3,(H,14,15,16).